The topological polar surface area (TPSA) is 112 Å². The third-order valence-electron chi connectivity index (χ3n) is 4.85. The Labute approximate surface area is 191 Å². The van der Waals surface area contributed by atoms with Gasteiger partial charge in [0.05, 0.1) is 31.9 Å². The van der Waals surface area contributed by atoms with Crippen LogP contribution in [0.4, 0.5) is 0 Å². The highest BCUT2D eigenvalue weighted by atomic mass is 32.2. The molecule has 8 nitrogen and oxygen atoms in total. The monoisotopic (exact) mass is 496 g/mol. The van der Waals surface area contributed by atoms with E-state index in [2.05, 4.69) is 4.99 Å². The molecule has 0 N–H and O–H groups in total. The molecule has 0 aliphatic rings. The van der Waals surface area contributed by atoms with Crippen LogP contribution < -0.4 is 4.80 Å². The molecule has 2 aromatic carbocycles. The number of carbonyl (C=O) groups is 1. The van der Waals surface area contributed by atoms with E-state index in [1.54, 1.807) is 37.7 Å². The van der Waals surface area contributed by atoms with Crippen LogP contribution in [0.15, 0.2) is 57.2 Å². The fourth-order valence-electron chi connectivity index (χ4n) is 2.98. The summed E-state index contributed by atoms with van der Waals surface area (Å²) in [5, 5.41) is -0.566. The summed E-state index contributed by atoms with van der Waals surface area (Å²) in [6, 6.07) is 10.5. The molecule has 0 aliphatic heterocycles. The molecule has 0 spiro atoms. The molecular formula is C21H24N2O6S3. The number of fused-ring (bicyclic) bond motifs is 1. The number of hydrogen-bond donors (Lipinski definition) is 0. The number of amides is 1. The van der Waals surface area contributed by atoms with E-state index in [-0.39, 0.29) is 15.4 Å². The molecule has 1 amide bonds. The van der Waals surface area contributed by atoms with Crippen molar-refractivity contribution < 1.29 is 26.4 Å². The van der Waals surface area contributed by atoms with Crippen LogP contribution in [0.2, 0.25) is 0 Å². The van der Waals surface area contributed by atoms with Gasteiger partial charge in [-0.2, -0.15) is 4.99 Å². The third-order valence-corrected chi connectivity index (χ3v) is 9.17. The van der Waals surface area contributed by atoms with Gasteiger partial charge in [-0.3, -0.25) is 4.79 Å². The minimum atomic E-state index is -3.44. The molecule has 0 fully saturated rings. The summed E-state index contributed by atoms with van der Waals surface area (Å²) in [5.74, 6) is -0.528. The molecule has 0 saturated heterocycles. The van der Waals surface area contributed by atoms with E-state index in [1.165, 1.54) is 41.7 Å². The number of sulfone groups is 2. The first-order chi connectivity index (χ1) is 14.9. The third kappa shape index (κ3) is 5.01. The maximum Gasteiger partial charge on any atom is 0.279 e. The molecular weight excluding hydrogens is 472 g/mol. The number of nitrogens with zero attached hydrogens (tertiary/aromatic N) is 2. The fourth-order valence-corrected chi connectivity index (χ4v) is 5.85. The number of rotatable bonds is 7. The maximum atomic E-state index is 12.8. The van der Waals surface area contributed by atoms with Gasteiger partial charge < -0.3 is 9.30 Å². The zero-order chi connectivity index (χ0) is 23.7. The number of hydrogen-bond acceptors (Lipinski definition) is 7. The van der Waals surface area contributed by atoms with Gasteiger partial charge in [0.2, 0.25) is 0 Å². The Bertz CT molecular complexity index is 1430. The van der Waals surface area contributed by atoms with Gasteiger partial charge in [0.25, 0.3) is 5.91 Å². The Morgan fingerprint density at radius 3 is 2.25 bits per heavy atom. The molecule has 11 heteroatoms. The number of ether oxygens (including phenoxy) is 1. The van der Waals surface area contributed by atoms with Crippen molar-refractivity contribution >= 4 is 47.1 Å². The molecule has 0 aliphatic carbocycles. The molecule has 0 radical (unpaired) electrons. The van der Waals surface area contributed by atoms with Crippen LogP contribution in [0.1, 0.15) is 24.2 Å². The molecule has 0 saturated carbocycles. The first-order valence-electron chi connectivity index (χ1n) is 9.70. The zero-order valence-electron chi connectivity index (χ0n) is 18.1. The number of benzene rings is 2. The Morgan fingerprint density at radius 1 is 1.06 bits per heavy atom. The second-order valence-corrected chi connectivity index (χ2v) is 13.0. The van der Waals surface area contributed by atoms with Gasteiger partial charge in [-0.25, -0.2) is 16.8 Å². The lowest BCUT2D eigenvalue weighted by Crippen LogP contribution is -2.19. The van der Waals surface area contributed by atoms with Crippen molar-refractivity contribution in [3.63, 3.8) is 0 Å². The fraction of sp³-hybridized carbons (Fsp3) is 0.333. The Balaban J connectivity index is 2.07. The summed E-state index contributed by atoms with van der Waals surface area (Å²) in [7, 11) is -5.25. The van der Waals surface area contributed by atoms with Crippen LogP contribution in [-0.2, 0) is 31.0 Å². The first kappa shape index (κ1) is 24.3. The molecule has 1 heterocycles. The molecule has 0 atom stereocenters. The van der Waals surface area contributed by atoms with Crippen LogP contribution in [0.25, 0.3) is 10.2 Å². The lowest BCUT2D eigenvalue weighted by Gasteiger charge is -2.07. The van der Waals surface area contributed by atoms with E-state index in [9.17, 15) is 21.6 Å². The second-order valence-electron chi connectivity index (χ2n) is 7.47. The molecule has 3 aromatic rings. The highest BCUT2D eigenvalue weighted by Gasteiger charge is 2.19. The van der Waals surface area contributed by atoms with E-state index >= 15 is 0 Å². The smallest absolute Gasteiger partial charge is 0.279 e. The Kier molecular flexibility index (Phi) is 7.03. The maximum absolute atomic E-state index is 12.8. The van der Waals surface area contributed by atoms with Gasteiger partial charge in [-0.1, -0.05) is 11.3 Å². The van der Waals surface area contributed by atoms with Gasteiger partial charge in [0.15, 0.2) is 24.5 Å². The number of carbonyl (C=O) groups excluding carboxylic acids is 1. The van der Waals surface area contributed by atoms with Gasteiger partial charge >= 0.3 is 0 Å². The minimum absolute atomic E-state index is 0.148. The van der Waals surface area contributed by atoms with E-state index in [4.69, 9.17) is 4.74 Å². The van der Waals surface area contributed by atoms with Crippen LogP contribution >= 0.6 is 11.3 Å². The first-order valence-corrected chi connectivity index (χ1v) is 14.0. The van der Waals surface area contributed by atoms with Crippen LogP contribution in [0, 0.1) is 0 Å². The van der Waals surface area contributed by atoms with E-state index in [0.29, 0.717) is 22.7 Å². The predicted molar refractivity (Wildman–Crippen MR) is 123 cm³/mol. The molecule has 1 aromatic heterocycles. The summed E-state index contributed by atoms with van der Waals surface area (Å²) in [5.41, 5.74) is 0.990. The van der Waals surface area contributed by atoms with E-state index in [0.717, 1.165) is 11.8 Å². The van der Waals surface area contributed by atoms with Gasteiger partial charge in [0.1, 0.15) is 0 Å². The molecule has 172 valence electrons. The number of thiazole rings is 1. The average molecular weight is 497 g/mol. The van der Waals surface area contributed by atoms with Crippen molar-refractivity contribution in [1.29, 1.82) is 0 Å². The largest absolute Gasteiger partial charge is 0.383 e. The minimum Gasteiger partial charge on any atom is -0.383 e. The SMILES string of the molecule is COCCn1c(=NC(=O)c2ccc(S(=O)(=O)C(C)C)cc2)sc2cc(S(C)(=O)=O)ccc21. The lowest BCUT2D eigenvalue weighted by molar-refractivity contribution is 0.0997. The highest BCUT2D eigenvalue weighted by molar-refractivity contribution is 7.92. The highest BCUT2D eigenvalue weighted by Crippen LogP contribution is 2.22. The van der Waals surface area contributed by atoms with Crippen molar-refractivity contribution in [2.75, 3.05) is 20.0 Å². The standard InChI is InChI=1S/C21H24N2O6S3/c1-14(2)32(27,28)16-7-5-15(6-8-16)20(24)22-21-23(11-12-29-3)18-10-9-17(31(4,25)26)13-19(18)30-21/h5-10,13-14H,11-12H2,1-4H3. The molecule has 3 rings (SSSR count). The van der Waals surface area contributed by atoms with Crippen molar-refractivity contribution in [3.8, 4) is 0 Å². The summed E-state index contributed by atoms with van der Waals surface area (Å²) in [6.45, 7) is 3.99. The zero-order valence-corrected chi connectivity index (χ0v) is 20.6. The summed E-state index contributed by atoms with van der Waals surface area (Å²) in [6.07, 6.45) is 1.14. The Hall–Kier alpha value is -2.34. The van der Waals surface area contributed by atoms with Gasteiger partial charge in [0, 0.05) is 25.5 Å². The van der Waals surface area contributed by atoms with Crippen LogP contribution in [0.5, 0.6) is 0 Å². The van der Waals surface area contributed by atoms with Crippen molar-refractivity contribution in [2.24, 2.45) is 4.99 Å². The van der Waals surface area contributed by atoms with E-state index in [1.807, 2.05) is 0 Å². The van der Waals surface area contributed by atoms with Crippen molar-refractivity contribution in [1.82, 2.24) is 4.57 Å². The molecule has 0 bridgehead atoms. The van der Waals surface area contributed by atoms with Crippen molar-refractivity contribution in [2.45, 2.75) is 35.4 Å². The predicted octanol–water partition coefficient (Wildman–Crippen LogP) is 2.68. The van der Waals surface area contributed by atoms with Crippen LogP contribution in [-0.4, -0.2) is 52.5 Å². The average Bonchev–Trinajstić information content (AvgIpc) is 3.07. The lowest BCUT2D eigenvalue weighted by atomic mass is 10.2. The Morgan fingerprint density at radius 2 is 1.69 bits per heavy atom. The summed E-state index contributed by atoms with van der Waals surface area (Å²) >= 11 is 1.20. The number of methoxy groups -OCH3 is 1. The van der Waals surface area contributed by atoms with Gasteiger partial charge in [-0.15, -0.1) is 0 Å². The normalized spacial score (nSPS) is 13.2. The second kappa shape index (κ2) is 9.26. The summed E-state index contributed by atoms with van der Waals surface area (Å²) < 4.78 is 56.0. The molecule has 0 unspecified atom stereocenters. The van der Waals surface area contributed by atoms with Crippen molar-refractivity contribution in [3.05, 3.63) is 52.8 Å². The quantitative estimate of drug-likeness (QED) is 0.497. The summed E-state index contributed by atoms with van der Waals surface area (Å²) in [4.78, 5) is 17.7. The van der Waals surface area contributed by atoms with E-state index < -0.39 is 30.8 Å². The van der Waals surface area contributed by atoms with Gasteiger partial charge in [-0.05, 0) is 56.3 Å². The van der Waals surface area contributed by atoms with Crippen LogP contribution in [0.3, 0.4) is 0 Å². The molecule has 32 heavy (non-hydrogen) atoms. The number of aromatic nitrogens is 1.